The summed E-state index contributed by atoms with van der Waals surface area (Å²) in [5, 5.41) is 2.89. The predicted octanol–water partition coefficient (Wildman–Crippen LogP) is 3.26. The summed E-state index contributed by atoms with van der Waals surface area (Å²) in [4.78, 5) is 25.3. The van der Waals surface area contributed by atoms with Gasteiger partial charge in [-0.25, -0.2) is 0 Å². The van der Waals surface area contributed by atoms with E-state index in [1.54, 1.807) is 42.5 Å². The first-order chi connectivity index (χ1) is 13.9. The molecule has 8 heteroatoms. The number of para-hydroxylation sites is 2. The van der Waals surface area contributed by atoms with Crippen molar-refractivity contribution in [1.29, 1.82) is 0 Å². The first-order valence-corrected chi connectivity index (χ1v) is 9.24. The Bertz CT molecular complexity index is 858. The van der Waals surface area contributed by atoms with Crippen LogP contribution in [0.3, 0.4) is 0 Å². The summed E-state index contributed by atoms with van der Waals surface area (Å²) < 4.78 is 35.2. The monoisotopic (exact) mass is 404 g/mol. The van der Waals surface area contributed by atoms with Crippen molar-refractivity contribution in [3.05, 3.63) is 54.1 Å². The summed E-state index contributed by atoms with van der Waals surface area (Å²) in [6.45, 7) is -0.464. The average molecular weight is 404 g/mol. The highest BCUT2D eigenvalue weighted by molar-refractivity contribution is 5.94. The predicted molar refractivity (Wildman–Crippen MR) is 104 cm³/mol. The first kappa shape index (κ1) is 20.6. The van der Waals surface area contributed by atoms with Crippen LogP contribution in [-0.2, 0) is 4.79 Å². The van der Waals surface area contributed by atoms with Crippen molar-refractivity contribution >= 4 is 17.4 Å². The fraction of sp³-hybridized carbons (Fsp3) is 0.333. The molecule has 1 heterocycles. The Morgan fingerprint density at radius 1 is 1.17 bits per heavy atom. The van der Waals surface area contributed by atoms with Crippen molar-refractivity contribution in [2.24, 2.45) is 0 Å². The van der Waals surface area contributed by atoms with Crippen LogP contribution >= 0.6 is 0 Å². The molecule has 1 aliphatic rings. The van der Waals surface area contributed by atoms with E-state index in [1.807, 2.05) is 4.90 Å². The van der Waals surface area contributed by atoms with Gasteiger partial charge in [-0.1, -0.05) is 12.1 Å². The van der Waals surface area contributed by atoms with Crippen LogP contribution in [-0.4, -0.2) is 44.0 Å². The molecule has 29 heavy (non-hydrogen) atoms. The van der Waals surface area contributed by atoms with E-state index < -0.39 is 6.61 Å². The molecule has 1 amide bonds. The van der Waals surface area contributed by atoms with Crippen molar-refractivity contribution in [3.63, 3.8) is 0 Å². The smallest absolute Gasteiger partial charge is 0.387 e. The molecule has 6 nitrogen and oxygen atoms in total. The van der Waals surface area contributed by atoms with Gasteiger partial charge in [0.2, 0.25) is 0 Å². The van der Waals surface area contributed by atoms with E-state index in [2.05, 4.69) is 10.1 Å². The number of carbonyl (C=O) groups excluding carboxylic acids is 2. The highest BCUT2D eigenvalue weighted by Crippen LogP contribution is 2.31. The van der Waals surface area contributed by atoms with Gasteiger partial charge < -0.3 is 19.7 Å². The lowest BCUT2D eigenvalue weighted by Gasteiger charge is -2.22. The van der Waals surface area contributed by atoms with Gasteiger partial charge in [0, 0.05) is 24.7 Å². The van der Waals surface area contributed by atoms with E-state index >= 15 is 0 Å². The van der Waals surface area contributed by atoms with Gasteiger partial charge in [-0.05, 0) is 49.7 Å². The second-order valence-electron chi connectivity index (χ2n) is 6.71. The van der Waals surface area contributed by atoms with E-state index in [0.717, 1.165) is 0 Å². The summed E-state index contributed by atoms with van der Waals surface area (Å²) in [5.74, 6) is 0.299. The van der Waals surface area contributed by atoms with Crippen LogP contribution in [0.1, 0.15) is 23.7 Å². The molecule has 0 bridgehead atoms. The normalized spacial score (nSPS) is 16.0. The molecule has 1 N–H and O–H groups in total. The Kier molecular flexibility index (Phi) is 6.64. The number of anilines is 1. The van der Waals surface area contributed by atoms with E-state index in [0.29, 0.717) is 36.5 Å². The summed E-state index contributed by atoms with van der Waals surface area (Å²) in [6.07, 6.45) is 0.683. The number of nitrogens with zero attached hydrogens (tertiary/aromatic N) is 1. The lowest BCUT2D eigenvalue weighted by atomic mass is 10.1. The number of Topliss-reactive ketones (excluding diaryl/α,β-unsaturated/α-hetero) is 1. The zero-order chi connectivity index (χ0) is 20.8. The Labute approximate surface area is 167 Å². The van der Waals surface area contributed by atoms with Crippen LogP contribution in [0.2, 0.25) is 0 Å². The number of ether oxygens (including phenoxy) is 2. The van der Waals surface area contributed by atoms with Gasteiger partial charge in [0.1, 0.15) is 11.5 Å². The SMILES string of the molecule is CC(=O)c1ccc(OCC(=O)NC2CCN(c3ccccc3OC(F)F)C2)cc1. The van der Waals surface area contributed by atoms with Crippen molar-refractivity contribution < 1.29 is 27.8 Å². The number of benzene rings is 2. The highest BCUT2D eigenvalue weighted by atomic mass is 19.3. The van der Waals surface area contributed by atoms with Crippen LogP contribution in [0.5, 0.6) is 11.5 Å². The van der Waals surface area contributed by atoms with Crippen LogP contribution < -0.4 is 19.7 Å². The van der Waals surface area contributed by atoms with Crippen LogP contribution in [0.25, 0.3) is 0 Å². The number of hydrogen-bond acceptors (Lipinski definition) is 5. The number of alkyl halides is 2. The molecule has 0 saturated carbocycles. The number of rotatable bonds is 8. The molecule has 0 aromatic heterocycles. The maximum Gasteiger partial charge on any atom is 0.387 e. The third-order valence-electron chi connectivity index (χ3n) is 4.61. The van der Waals surface area contributed by atoms with Crippen molar-refractivity contribution in [2.45, 2.75) is 26.0 Å². The van der Waals surface area contributed by atoms with E-state index in [9.17, 15) is 18.4 Å². The molecule has 1 saturated heterocycles. The third kappa shape index (κ3) is 5.66. The standard InChI is InChI=1S/C21H22F2N2O4/c1-14(26)15-6-8-17(9-7-15)28-13-20(27)24-16-10-11-25(12-16)18-4-2-3-5-19(18)29-21(22)23/h2-9,16,21H,10-13H2,1H3,(H,24,27). The Morgan fingerprint density at radius 2 is 1.90 bits per heavy atom. The molecule has 154 valence electrons. The minimum Gasteiger partial charge on any atom is -0.484 e. The van der Waals surface area contributed by atoms with Gasteiger partial charge in [-0.3, -0.25) is 9.59 Å². The molecule has 2 aromatic rings. The van der Waals surface area contributed by atoms with Gasteiger partial charge >= 0.3 is 6.61 Å². The molecule has 0 aliphatic carbocycles. The van der Waals surface area contributed by atoms with Gasteiger partial charge in [-0.2, -0.15) is 8.78 Å². The molecule has 0 radical (unpaired) electrons. The van der Waals surface area contributed by atoms with Crippen molar-refractivity contribution in [2.75, 3.05) is 24.6 Å². The number of ketones is 1. The van der Waals surface area contributed by atoms with E-state index in [-0.39, 0.29) is 30.1 Å². The number of carbonyl (C=O) groups is 2. The average Bonchev–Trinajstić information content (AvgIpc) is 3.15. The Hall–Kier alpha value is -3.16. The van der Waals surface area contributed by atoms with E-state index in [4.69, 9.17) is 4.74 Å². The van der Waals surface area contributed by atoms with E-state index in [1.165, 1.54) is 13.0 Å². The topological polar surface area (TPSA) is 67.9 Å². The zero-order valence-corrected chi connectivity index (χ0v) is 15.9. The second-order valence-corrected chi connectivity index (χ2v) is 6.71. The number of amides is 1. The molecule has 1 fully saturated rings. The third-order valence-corrected chi connectivity index (χ3v) is 4.61. The van der Waals surface area contributed by atoms with Crippen molar-refractivity contribution in [3.8, 4) is 11.5 Å². The minimum atomic E-state index is -2.89. The van der Waals surface area contributed by atoms with Crippen molar-refractivity contribution in [1.82, 2.24) is 5.32 Å². The molecule has 1 atom stereocenters. The van der Waals surface area contributed by atoms with Gasteiger partial charge in [0.15, 0.2) is 12.4 Å². The van der Waals surface area contributed by atoms with Gasteiger partial charge in [0.25, 0.3) is 5.91 Å². The molecule has 0 spiro atoms. The fourth-order valence-electron chi connectivity index (χ4n) is 3.22. The summed E-state index contributed by atoms with van der Waals surface area (Å²) >= 11 is 0. The van der Waals surface area contributed by atoms with Crippen LogP contribution in [0.15, 0.2) is 48.5 Å². The maximum atomic E-state index is 12.6. The second kappa shape index (κ2) is 9.36. The van der Waals surface area contributed by atoms with Gasteiger partial charge in [-0.15, -0.1) is 0 Å². The lowest BCUT2D eigenvalue weighted by molar-refractivity contribution is -0.123. The largest absolute Gasteiger partial charge is 0.484 e. The Morgan fingerprint density at radius 3 is 2.59 bits per heavy atom. The maximum absolute atomic E-state index is 12.6. The highest BCUT2D eigenvalue weighted by Gasteiger charge is 2.26. The quantitative estimate of drug-likeness (QED) is 0.684. The van der Waals surface area contributed by atoms with Gasteiger partial charge in [0.05, 0.1) is 5.69 Å². The van der Waals surface area contributed by atoms with Crippen LogP contribution in [0, 0.1) is 0 Å². The molecule has 2 aromatic carbocycles. The molecule has 1 unspecified atom stereocenters. The number of hydrogen-bond donors (Lipinski definition) is 1. The molecule has 1 aliphatic heterocycles. The zero-order valence-electron chi connectivity index (χ0n) is 15.9. The minimum absolute atomic E-state index is 0.0411. The molecular weight excluding hydrogens is 382 g/mol. The lowest BCUT2D eigenvalue weighted by Crippen LogP contribution is -2.39. The summed E-state index contributed by atoms with van der Waals surface area (Å²) in [6, 6.07) is 13.1. The number of nitrogens with one attached hydrogen (secondary N) is 1. The fourth-order valence-corrected chi connectivity index (χ4v) is 3.22. The molecule has 3 rings (SSSR count). The molecular formula is C21H22F2N2O4. The summed E-state index contributed by atoms with van der Waals surface area (Å²) in [7, 11) is 0. The number of halogens is 2. The van der Waals surface area contributed by atoms with Crippen LogP contribution in [0.4, 0.5) is 14.5 Å². The Balaban J connectivity index is 1.50. The first-order valence-electron chi connectivity index (χ1n) is 9.24. The summed E-state index contributed by atoms with van der Waals surface area (Å²) in [5.41, 5.74) is 1.15.